The van der Waals surface area contributed by atoms with Gasteiger partial charge in [0.2, 0.25) is 6.04 Å². The average Bonchev–Trinajstić information content (AvgIpc) is 2.87. The van der Waals surface area contributed by atoms with Gasteiger partial charge in [0.05, 0.1) is 0 Å². The van der Waals surface area contributed by atoms with Crippen molar-refractivity contribution in [3.8, 4) is 0 Å². The molecule has 21 heteroatoms. The van der Waals surface area contributed by atoms with E-state index in [9.17, 15) is 40.5 Å². The molecule has 1 unspecified atom stereocenters. The fourth-order valence-electron chi connectivity index (χ4n) is 1.35. The van der Waals surface area contributed by atoms with Gasteiger partial charge < -0.3 is 40.9 Å². The van der Waals surface area contributed by atoms with Crippen LogP contribution in [-0.2, 0) is 0 Å². The molecule has 0 heterocycles. The molecule has 20 nitrogen and oxygen atoms in total. The van der Waals surface area contributed by atoms with Gasteiger partial charge in [-0.05, 0) is 0 Å². The lowest BCUT2D eigenvalue weighted by Gasteiger charge is -2.17. The molecule has 222 valence electrons. The van der Waals surface area contributed by atoms with Crippen molar-refractivity contribution in [3.05, 3.63) is 40.5 Å². The molecule has 0 aliphatic carbocycles. The second-order valence-electron chi connectivity index (χ2n) is 7.13. The van der Waals surface area contributed by atoms with E-state index in [4.69, 9.17) is 40.9 Å². The second-order valence-corrected chi connectivity index (χ2v) is 8.60. The van der Waals surface area contributed by atoms with Crippen molar-refractivity contribution in [2.75, 3.05) is 52.9 Å². The van der Waals surface area contributed by atoms with Gasteiger partial charge >= 0.3 is 4.45 Å². The fraction of sp³-hybridized carbons (Fsp3) is 1.00. The number of halogens is 1. The molecular formula is C16H35BrN4O16. The van der Waals surface area contributed by atoms with Gasteiger partial charge in [-0.3, -0.25) is 40.5 Å². The van der Waals surface area contributed by atoms with Gasteiger partial charge in [-0.2, -0.15) is 0 Å². The van der Waals surface area contributed by atoms with E-state index in [1.807, 2.05) is 0 Å². The van der Waals surface area contributed by atoms with Crippen LogP contribution in [-0.4, -0.2) is 135 Å². The zero-order valence-corrected chi connectivity index (χ0v) is 21.7. The Hall–Kier alpha value is -2.24. The predicted molar refractivity (Wildman–Crippen MR) is 126 cm³/mol. The summed E-state index contributed by atoms with van der Waals surface area (Å²) >= 11 is 2.55. The molecule has 0 radical (unpaired) electrons. The minimum Gasteiger partial charge on any atom is -0.389 e. The topological polar surface area (TPSA) is 334 Å². The highest BCUT2D eigenvalue weighted by molar-refractivity contribution is 9.10. The van der Waals surface area contributed by atoms with Crippen LogP contribution >= 0.6 is 15.9 Å². The molecule has 0 fully saturated rings. The van der Waals surface area contributed by atoms with E-state index in [-0.39, 0.29) is 13.0 Å². The summed E-state index contributed by atoms with van der Waals surface area (Å²) < 4.78 is -1.77. The second kappa shape index (κ2) is 21.8. The molecule has 0 aromatic carbocycles. The maximum atomic E-state index is 10.2. The first-order valence-electron chi connectivity index (χ1n) is 10.2. The number of aliphatic hydroxyl groups is 8. The molecule has 0 amide bonds. The molecule has 0 saturated heterocycles. The van der Waals surface area contributed by atoms with E-state index in [1.165, 1.54) is 0 Å². The van der Waals surface area contributed by atoms with Gasteiger partial charge in [-0.1, -0.05) is 13.8 Å². The van der Waals surface area contributed by atoms with E-state index in [0.29, 0.717) is 6.42 Å². The minimum absolute atomic E-state index is 0.132. The van der Waals surface area contributed by atoms with Crippen molar-refractivity contribution < 1.29 is 60.5 Å². The summed E-state index contributed by atoms with van der Waals surface area (Å²) in [6, 6.07) is -0.769. The van der Waals surface area contributed by atoms with Crippen molar-refractivity contribution in [1.82, 2.24) is 0 Å². The molecular weight excluding hydrogens is 584 g/mol. The van der Waals surface area contributed by atoms with Crippen molar-refractivity contribution in [3.63, 3.8) is 0 Å². The molecule has 0 aromatic heterocycles. The van der Waals surface area contributed by atoms with E-state index < -0.39 is 87.5 Å². The van der Waals surface area contributed by atoms with Crippen LogP contribution in [0.3, 0.4) is 0 Å². The summed E-state index contributed by atoms with van der Waals surface area (Å²) in [4.78, 5) is 37.2. The van der Waals surface area contributed by atoms with Crippen LogP contribution in [0.5, 0.6) is 0 Å². The Bertz CT molecular complexity index is 608. The average molecular weight is 619 g/mol. The third-order valence-electron chi connectivity index (χ3n) is 4.70. The Morgan fingerprint density at radius 2 is 0.946 bits per heavy atom. The number of aliphatic hydroxyl groups excluding tert-OH is 8. The quantitative estimate of drug-likeness (QED) is 0.0409. The monoisotopic (exact) mass is 618 g/mol. The highest BCUT2D eigenvalue weighted by atomic mass is 79.9. The molecule has 0 aliphatic rings. The lowest BCUT2D eigenvalue weighted by atomic mass is 10.0. The maximum absolute atomic E-state index is 10.2. The minimum atomic E-state index is -1.99. The first-order chi connectivity index (χ1) is 17.0. The van der Waals surface area contributed by atoms with Gasteiger partial charge in [-0.15, -0.1) is 0 Å². The summed E-state index contributed by atoms with van der Waals surface area (Å²) in [7, 11) is 0. The summed E-state index contributed by atoms with van der Waals surface area (Å²) in [6.45, 7) is -2.43. The van der Waals surface area contributed by atoms with Crippen molar-refractivity contribution in [1.29, 1.82) is 0 Å². The zero-order valence-electron chi connectivity index (χ0n) is 20.2. The Morgan fingerprint density at radius 1 is 0.622 bits per heavy atom. The van der Waals surface area contributed by atoms with Gasteiger partial charge in [0.15, 0.2) is 0 Å². The number of hydrogen-bond acceptors (Lipinski definition) is 16. The molecule has 0 aromatic rings. The van der Waals surface area contributed by atoms with E-state index >= 15 is 0 Å². The summed E-state index contributed by atoms with van der Waals surface area (Å²) in [6.07, 6.45) is 0.524. The standard InChI is InChI=1S/C5H11NO4.C4H9NO5.C4H9NO3.C3H6BrNO4/c1-2-5(3-7,4-8)6(9)10;6-1-4(2-7,3-8)5(9)10;1-2-4(3-6)5(7)8;4-3(1-6,2-7)5(8)9/h7-8H,2-4H2,1H3;6-8H,1-3H2;4,6H,2-3H2,1H3;6-7H,1-2H2. The van der Waals surface area contributed by atoms with E-state index in [0.717, 1.165) is 0 Å². The smallest absolute Gasteiger partial charge is 0.319 e. The molecule has 0 saturated carbocycles. The SMILES string of the molecule is CCC(CO)(CO)[N+](=O)[O-].CCC(CO)[N+](=O)[O-].O=[N+]([O-])C(Br)(CO)CO.O=[N+]([O-])C(CO)(CO)CO. The Labute approximate surface area is 218 Å². The van der Waals surface area contributed by atoms with Gasteiger partial charge in [-0.25, -0.2) is 0 Å². The Morgan fingerprint density at radius 3 is 0.946 bits per heavy atom. The summed E-state index contributed by atoms with van der Waals surface area (Å²) in [5.41, 5.74) is -3.53. The maximum Gasteiger partial charge on any atom is 0.319 e. The third-order valence-corrected chi connectivity index (χ3v) is 5.49. The Balaban J connectivity index is -0.000000197. The van der Waals surface area contributed by atoms with Crippen molar-refractivity contribution >= 4 is 15.9 Å². The number of rotatable bonds is 14. The van der Waals surface area contributed by atoms with Gasteiger partial charge in [0, 0.05) is 48.5 Å². The first kappa shape index (κ1) is 41.9. The fourth-order valence-corrected chi connectivity index (χ4v) is 1.35. The van der Waals surface area contributed by atoms with Crippen molar-refractivity contribution in [2.45, 2.75) is 48.3 Å². The lowest BCUT2D eigenvalue weighted by molar-refractivity contribution is -0.580. The number of alkyl halides is 1. The number of hydrogen-bond donors (Lipinski definition) is 8. The van der Waals surface area contributed by atoms with Crippen LogP contribution in [0.4, 0.5) is 0 Å². The molecule has 0 aliphatic heterocycles. The highest BCUT2D eigenvalue weighted by Gasteiger charge is 2.41. The van der Waals surface area contributed by atoms with Crippen LogP contribution < -0.4 is 0 Å². The van der Waals surface area contributed by atoms with Crippen LogP contribution in [0.2, 0.25) is 0 Å². The predicted octanol–water partition coefficient (Wildman–Crippen LogP) is -3.25. The summed E-state index contributed by atoms with van der Waals surface area (Å²) in [5, 5.41) is 107. The largest absolute Gasteiger partial charge is 0.389 e. The van der Waals surface area contributed by atoms with Crippen LogP contribution in [0.25, 0.3) is 0 Å². The first-order valence-corrected chi connectivity index (χ1v) is 11.0. The summed E-state index contributed by atoms with van der Waals surface area (Å²) in [5.74, 6) is 0. The highest BCUT2D eigenvalue weighted by Crippen LogP contribution is 2.16. The van der Waals surface area contributed by atoms with Gasteiger partial charge in [0.25, 0.3) is 11.1 Å². The van der Waals surface area contributed by atoms with E-state index in [2.05, 4.69) is 15.9 Å². The molecule has 8 N–H and O–H groups in total. The Kier molecular flexibility index (Phi) is 24.7. The van der Waals surface area contributed by atoms with E-state index in [1.54, 1.807) is 13.8 Å². The zero-order chi connectivity index (χ0) is 30.5. The van der Waals surface area contributed by atoms with Crippen LogP contribution in [0.1, 0.15) is 26.7 Å². The van der Waals surface area contributed by atoms with Crippen LogP contribution in [0, 0.1) is 40.5 Å². The molecule has 1 atom stereocenters. The number of nitrogens with zero attached hydrogens (tertiary/aromatic N) is 4. The number of nitro groups is 4. The van der Waals surface area contributed by atoms with Crippen molar-refractivity contribution in [2.24, 2.45) is 0 Å². The molecule has 37 heavy (non-hydrogen) atoms. The third kappa shape index (κ3) is 14.9. The lowest BCUT2D eigenvalue weighted by Crippen LogP contribution is -2.49. The molecule has 0 bridgehead atoms. The normalized spacial score (nSPS) is 11.9. The van der Waals surface area contributed by atoms with Crippen LogP contribution in [0.15, 0.2) is 0 Å². The molecule has 0 spiro atoms. The molecule has 0 rings (SSSR count). The van der Waals surface area contributed by atoms with Gasteiger partial charge in [0.1, 0.15) is 52.9 Å².